The van der Waals surface area contributed by atoms with E-state index in [0.29, 0.717) is 13.2 Å². The molecule has 0 aromatic heterocycles. The van der Waals surface area contributed by atoms with Crippen molar-refractivity contribution >= 4 is 12.4 Å². The second-order valence-electron chi connectivity index (χ2n) is 3.31. The zero-order chi connectivity index (χ0) is 9.68. The third kappa shape index (κ3) is 4.49. The Morgan fingerprint density at radius 2 is 1.71 bits per heavy atom. The maximum atomic E-state index is 5.53. The summed E-state index contributed by atoms with van der Waals surface area (Å²) < 4.78 is 5.53. The highest BCUT2D eigenvalue weighted by Gasteiger charge is 1.95. The van der Waals surface area contributed by atoms with Gasteiger partial charge in [-0.2, -0.15) is 0 Å². The highest BCUT2D eigenvalue weighted by molar-refractivity contribution is 5.85. The van der Waals surface area contributed by atoms with Crippen molar-refractivity contribution in [3.63, 3.8) is 0 Å². The van der Waals surface area contributed by atoms with Crippen molar-refractivity contribution in [3.8, 4) is 5.75 Å². The zero-order valence-corrected chi connectivity index (χ0v) is 9.56. The van der Waals surface area contributed by atoms with Crippen molar-refractivity contribution in [2.45, 2.75) is 20.3 Å². The number of aryl methyl sites for hydroxylation is 2. The number of rotatable bonds is 4. The molecule has 0 aliphatic carbocycles. The SMILES string of the molecule is Cc1cc(C)cc(OCCCN)c1.Cl. The van der Waals surface area contributed by atoms with Gasteiger partial charge in [-0.3, -0.25) is 0 Å². The average Bonchev–Trinajstić information content (AvgIpc) is 2.03. The Balaban J connectivity index is 0.00000169. The molecule has 1 rings (SSSR count). The Morgan fingerprint density at radius 3 is 2.21 bits per heavy atom. The van der Waals surface area contributed by atoms with E-state index in [2.05, 4.69) is 19.9 Å². The fourth-order valence-corrected chi connectivity index (χ4v) is 1.29. The summed E-state index contributed by atoms with van der Waals surface area (Å²) in [5.74, 6) is 0.950. The molecule has 3 heteroatoms. The van der Waals surface area contributed by atoms with Crippen molar-refractivity contribution in [2.24, 2.45) is 5.73 Å². The molecule has 14 heavy (non-hydrogen) atoms. The van der Waals surface area contributed by atoms with Crippen molar-refractivity contribution in [1.29, 1.82) is 0 Å². The van der Waals surface area contributed by atoms with Crippen LogP contribution in [-0.2, 0) is 0 Å². The molecule has 0 amide bonds. The molecule has 80 valence electrons. The first-order valence-electron chi connectivity index (χ1n) is 4.63. The number of nitrogens with two attached hydrogens (primary N) is 1. The first-order valence-corrected chi connectivity index (χ1v) is 4.63. The van der Waals surface area contributed by atoms with E-state index in [0.717, 1.165) is 12.2 Å². The lowest BCUT2D eigenvalue weighted by molar-refractivity contribution is 0.313. The van der Waals surface area contributed by atoms with Gasteiger partial charge in [0.1, 0.15) is 5.75 Å². The maximum absolute atomic E-state index is 5.53. The molecule has 0 aliphatic rings. The lowest BCUT2D eigenvalue weighted by Gasteiger charge is -2.07. The summed E-state index contributed by atoms with van der Waals surface area (Å²) in [4.78, 5) is 0. The van der Waals surface area contributed by atoms with Crippen LogP contribution in [0.3, 0.4) is 0 Å². The van der Waals surface area contributed by atoms with E-state index in [9.17, 15) is 0 Å². The number of halogens is 1. The second-order valence-corrected chi connectivity index (χ2v) is 3.31. The van der Waals surface area contributed by atoms with Crippen molar-refractivity contribution < 1.29 is 4.74 Å². The quantitative estimate of drug-likeness (QED) is 0.784. The Bertz CT molecular complexity index is 256. The van der Waals surface area contributed by atoms with Crippen LogP contribution in [0.15, 0.2) is 18.2 Å². The van der Waals surface area contributed by atoms with E-state index >= 15 is 0 Å². The van der Waals surface area contributed by atoms with Crippen LogP contribution in [0.1, 0.15) is 17.5 Å². The zero-order valence-electron chi connectivity index (χ0n) is 8.75. The average molecular weight is 216 g/mol. The molecule has 1 aromatic carbocycles. The first kappa shape index (κ1) is 13.3. The molecule has 0 aliphatic heterocycles. The van der Waals surface area contributed by atoms with E-state index in [1.807, 2.05) is 12.1 Å². The third-order valence-corrected chi connectivity index (χ3v) is 1.81. The minimum absolute atomic E-state index is 0. The topological polar surface area (TPSA) is 35.2 Å². The first-order chi connectivity index (χ1) is 6.22. The Hall–Kier alpha value is -0.730. The van der Waals surface area contributed by atoms with Gasteiger partial charge in [0, 0.05) is 0 Å². The smallest absolute Gasteiger partial charge is 0.119 e. The molecule has 0 heterocycles. The molecule has 0 saturated heterocycles. The van der Waals surface area contributed by atoms with Gasteiger partial charge in [-0.1, -0.05) is 6.07 Å². The molecule has 1 aromatic rings. The van der Waals surface area contributed by atoms with Gasteiger partial charge in [0.2, 0.25) is 0 Å². The second kappa shape index (κ2) is 6.68. The van der Waals surface area contributed by atoms with Crippen LogP contribution in [0.25, 0.3) is 0 Å². The Morgan fingerprint density at radius 1 is 1.14 bits per heavy atom. The van der Waals surface area contributed by atoms with Gasteiger partial charge in [-0.15, -0.1) is 12.4 Å². The lowest BCUT2D eigenvalue weighted by atomic mass is 10.1. The fraction of sp³-hybridized carbons (Fsp3) is 0.455. The summed E-state index contributed by atoms with van der Waals surface area (Å²) >= 11 is 0. The summed E-state index contributed by atoms with van der Waals surface area (Å²) in [6.07, 6.45) is 0.910. The Kier molecular flexibility index (Phi) is 6.34. The van der Waals surface area contributed by atoms with Crippen LogP contribution in [0.2, 0.25) is 0 Å². The molecule has 0 bridgehead atoms. The van der Waals surface area contributed by atoms with E-state index < -0.39 is 0 Å². The molecular formula is C11H18ClNO. The molecule has 0 atom stereocenters. The van der Waals surface area contributed by atoms with Gasteiger partial charge >= 0.3 is 0 Å². The highest BCUT2D eigenvalue weighted by Crippen LogP contribution is 2.15. The number of hydrogen-bond acceptors (Lipinski definition) is 2. The molecular weight excluding hydrogens is 198 g/mol. The van der Waals surface area contributed by atoms with Gasteiger partial charge < -0.3 is 10.5 Å². The largest absolute Gasteiger partial charge is 0.494 e. The predicted molar refractivity (Wildman–Crippen MR) is 62.3 cm³/mol. The van der Waals surface area contributed by atoms with Crippen LogP contribution >= 0.6 is 12.4 Å². The van der Waals surface area contributed by atoms with Crippen LogP contribution in [0.4, 0.5) is 0 Å². The van der Waals surface area contributed by atoms with Crippen LogP contribution < -0.4 is 10.5 Å². The summed E-state index contributed by atoms with van der Waals surface area (Å²) in [5.41, 5.74) is 7.85. The van der Waals surface area contributed by atoms with Crippen LogP contribution in [0, 0.1) is 13.8 Å². The van der Waals surface area contributed by atoms with Crippen LogP contribution in [0.5, 0.6) is 5.75 Å². The van der Waals surface area contributed by atoms with Crippen LogP contribution in [-0.4, -0.2) is 13.2 Å². The van der Waals surface area contributed by atoms with Gasteiger partial charge in [0.05, 0.1) is 6.61 Å². The van der Waals surface area contributed by atoms with Gasteiger partial charge in [0.15, 0.2) is 0 Å². The van der Waals surface area contributed by atoms with Crippen molar-refractivity contribution in [1.82, 2.24) is 0 Å². The van der Waals surface area contributed by atoms with Gasteiger partial charge in [-0.05, 0) is 50.1 Å². The van der Waals surface area contributed by atoms with E-state index in [-0.39, 0.29) is 12.4 Å². The maximum Gasteiger partial charge on any atom is 0.119 e. The van der Waals surface area contributed by atoms with Crippen molar-refractivity contribution in [2.75, 3.05) is 13.2 Å². The van der Waals surface area contributed by atoms with Gasteiger partial charge in [0.25, 0.3) is 0 Å². The fourth-order valence-electron chi connectivity index (χ4n) is 1.29. The van der Waals surface area contributed by atoms with E-state index in [4.69, 9.17) is 10.5 Å². The van der Waals surface area contributed by atoms with Gasteiger partial charge in [-0.25, -0.2) is 0 Å². The summed E-state index contributed by atoms with van der Waals surface area (Å²) in [6, 6.07) is 6.23. The Labute approximate surface area is 91.9 Å². The van der Waals surface area contributed by atoms with E-state index in [1.54, 1.807) is 0 Å². The third-order valence-electron chi connectivity index (χ3n) is 1.81. The summed E-state index contributed by atoms with van der Waals surface area (Å²) in [6.45, 7) is 5.54. The number of hydrogen-bond donors (Lipinski definition) is 1. The minimum atomic E-state index is 0. The molecule has 0 radical (unpaired) electrons. The monoisotopic (exact) mass is 215 g/mol. The number of benzene rings is 1. The standard InChI is InChI=1S/C11H17NO.ClH/c1-9-6-10(2)8-11(7-9)13-5-3-4-12;/h6-8H,3-5,12H2,1-2H3;1H. The van der Waals surface area contributed by atoms with Crippen molar-refractivity contribution in [3.05, 3.63) is 29.3 Å². The summed E-state index contributed by atoms with van der Waals surface area (Å²) in [7, 11) is 0. The molecule has 2 nitrogen and oxygen atoms in total. The molecule has 0 fully saturated rings. The van der Waals surface area contributed by atoms with E-state index in [1.165, 1.54) is 11.1 Å². The normalized spacial score (nSPS) is 9.36. The molecule has 0 unspecified atom stereocenters. The molecule has 0 saturated carbocycles. The molecule has 2 N–H and O–H groups in total. The summed E-state index contributed by atoms with van der Waals surface area (Å²) in [5, 5.41) is 0. The molecule has 0 spiro atoms. The minimum Gasteiger partial charge on any atom is -0.494 e. The lowest BCUT2D eigenvalue weighted by Crippen LogP contribution is -2.06. The highest BCUT2D eigenvalue weighted by atomic mass is 35.5. The predicted octanol–water partition coefficient (Wildman–Crippen LogP) is 2.45. The number of ether oxygens (including phenoxy) is 1.